The predicted molar refractivity (Wildman–Crippen MR) is 114 cm³/mol. The van der Waals surface area contributed by atoms with Crippen LogP contribution in [0.15, 0.2) is 47.4 Å². The molecule has 2 rings (SSSR count). The van der Waals surface area contributed by atoms with Crippen molar-refractivity contribution in [3.63, 3.8) is 0 Å². The maximum absolute atomic E-state index is 13.8. The molecule has 0 saturated heterocycles. The number of ether oxygens (including phenoxy) is 1. The molecule has 0 unspecified atom stereocenters. The number of hydrogen-bond acceptors (Lipinski definition) is 5. The van der Waals surface area contributed by atoms with Gasteiger partial charge in [0, 0.05) is 44.2 Å². The first-order valence-electron chi connectivity index (χ1n) is 9.56. The maximum Gasteiger partial charge on any atom is 0.306 e. The summed E-state index contributed by atoms with van der Waals surface area (Å²) in [4.78, 5) is 25.1. The Hall–Kier alpha value is -2.56. The van der Waals surface area contributed by atoms with Gasteiger partial charge in [0.05, 0.1) is 4.90 Å². The molecule has 0 bridgehead atoms. The van der Waals surface area contributed by atoms with E-state index in [1.807, 2.05) is 0 Å². The Labute approximate surface area is 190 Å². The summed E-state index contributed by atoms with van der Waals surface area (Å²) in [6.45, 7) is -0.604. The Kier molecular flexibility index (Phi) is 9.11. The third-order valence-corrected chi connectivity index (χ3v) is 6.84. The van der Waals surface area contributed by atoms with Gasteiger partial charge < -0.3 is 9.64 Å². The molecule has 0 aromatic heterocycles. The quantitative estimate of drug-likeness (QED) is 0.479. The SMILES string of the molecule is CN(Cc1c(F)cccc1Cl)C(=O)COC(=O)CCCN(C)S(=O)(=O)c1ccc(F)cc1. The van der Waals surface area contributed by atoms with Gasteiger partial charge in [0.15, 0.2) is 6.61 Å². The number of halogens is 3. The highest BCUT2D eigenvalue weighted by molar-refractivity contribution is 7.89. The Balaban J connectivity index is 1.77. The van der Waals surface area contributed by atoms with E-state index in [1.165, 1.54) is 37.2 Å². The zero-order valence-electron chi connectivity index (χ0n) is 17.6. The highest BCUT2D eigenvalue weighted by atomic mass is 35.5. The van der Waals surface area contributed by atoms with E-state index in [1.54, 1.807) is 0 Å². The van der Waals surface area contributed by atoms with E-state index >= 15 is 0 Å². The Morgan fingerprint density at radius 3 is 2.34 bits per heavy atom. The van der Waals surface area contributed by atoms with Crippen molar-refractivity contribution in [3.8, 4) is 0 Å². The van der Waals surface area contributed by atoms with Crippen molar-refractivity contribution in [1.82, 2.24) is 9.21 Å². The summed E-state index contributed by atoms with van der Waals surface area (Å²) in [6, 6.07) is 8.60. The van der Waals surface area contributed by atoms with Crippen LogP contribution in [0.4, 0.5) is 8.78 Å². The second kappa shape index (κ2) is 11.3. The number of likely N-dealkylation sites (N-methyl/N-ethyl adjacent to an activating group) is 1. The van der Waals surface area contributed by atoms with Crippen molar-refractivity contribution in [1.29, 1.82) is 0 Å². The minimum atomic E-state index is -3.82. The van der Waals surface area contributed by atoms with E-state index < -0.39 is 40.1 Å². The molecule has 0 aliphatic rings. The molecule has 0 spiro atoms. The molecule has 11 heteroatoms. The lowest BCUT2D eigenvalue weighted by atomic mass is 10.2. The topological polar surface area (TPSA) is 84.0 Å². The normalized spacial score (nSPS) is 11.4. The van der Waals surface area contributed by atoms with Crippen molar-refractivity contribution in [2.45, 2.75) is 24.3 Å². The summed E-state index contributed by atoms with van der Waals surface area (Å²) in [5.74, 6) is -2.32. The Morgan fingerprint density at radius 1 is 1.06 bits per heavy atom. The number of rotatable bonds is 10. The molecular formula is C21H23ClF2N2O5S. The molecule has 0 aliphatic heterocycles. The maximum atomic E-state index is 13.8. The molecule has 7 nitrogen and oxygen atoms in total. The van der Waals surface area contributed by atoms with Gasteiger partial charge in [0.25, 0.3) is 5.91 Å². The van der Waals surface area contributed by atoms with Crippen LogP contribution in [0.2, 0.25) is 5.02 Å². The minimum Gasteiger partial charge on any atom is -0.456 e. The van der Waals surface area contributed by atoms with Gasteiger partial charge in [-0.1, -0.05) is 17.7 Å². The fourth-order valence-corrected chi connectivity index (χ4v) is 4.12. The van der Waals surface area contributed by atoms with Gasteiger partial charge in [0.2, 0.25) is 10.0 Å². The van der Waals surface area contributed by atoms with Gasteiger partial charge in [-0.25, -0.2) is 21.5 Å². The lowest BCUT2D eigenvalue weighted by Crippen LogP contribution is -2.31. The summed E-state index contributed by atoms with van der Waals surface area (Å²) < 4.78 is 57.6. The molecule has 32 heavy (non-hydrogen) atoms. The second-order valence-corrected chi connectivity index (χ2v) is 9.45. The molecule has 1 amide bonds. The monoisotopic (exact) mass is 488 g/mol. The van der Waals surface area contributed by atoms with Crippen LogP contribution >= 0.6 is 11.6 Å². The third kappa shape index (κ3) is 6.98. The molecule has 0 fully saturated rings. The number of sulfonamides is 1. The fourth-order valence-electron chi connectivity index (χ4n) is 2.69. The van der Waals surface area contributed by atoms with Gasteiger partial charge >= 0.3 is 5.97 Å². The lowest BCUT2D eigenvalue weighted by molar-refractivity contribution is -0.151. The van der Waals surface area contributed by atoms with Crippen molar-refractivity contribution in [2.75, 3.05) is 27.2 Å². The molecule has 0 atom stereocenters. The minimum absolute atomic E-state index is 0.0223. The molecule has 0 heterocycles. The number of carbonyl (C=O) groups excluding carboxylic acids is 2. The molecule has 2 aromatic rings. The highest BCUT2D eigenvalue weighted by Crippen LogP contribution is 2.20. The Bertz CT molecular complexity index is 1040. The van der Waals surface area contributed by atoms with Gasteiger partial charge in [-0.2, -0.15) is 0 Å². The number of hydrogen-bond donors (Lipinski definition) is 0. The van der Waals surface area contributed by atoms with E-state index in [4.69, 9.17) is 16.3 Å². The highest BCUT2D eigenvalue weighted by Gasteiger charge is 2.21. The van der Waals surface area contributed by atoms with Crippen LogP contribution in [-0.2, 0) is 30.9 Å². The first-order chi connectivity index (χ1) is 15.0. The van der Waals surface area contributed by atoms with Crippen molar-refractivity contribution < 1.29 is 31.5 Å². The number of carbonyl (C=O) groups is 2. The molecule has 0 saturated carbocycles. The van der Waals surface area contributed by atoms with Crippen molar-refractivity contribution in [2.24, 2.45) is 0 Å². The van der Waals surface area contributed by atoms with Gasteiger partial charge in [0.1, 0.15) is 11.6 Å². The summed E-state index contributed by atoms with van der Waals surface area (Å²) in [5.41, 5.74) is 0.154. The zero-order valence-corrected chi connectivity index (χ0v) is 19.1. The van der Waals surface area contributed by atoms with Crippen LogP contribution in [0, 0.1) is 11.6 Å². The van der Waals surface area contributed by atoms with E-state index in [0.29, 0.717) is 0 Å². The van der Waals surface area contributed by atoms with Crippen LogP contribution in [-0.4, -0.2) is 56.7 Å². The van der Waals surface area contributed by atoms with E-state index in [9.17, 15) is 26.8 Å². The van der Waals surface area contributed by atoms with E-state index in [0.717, 1.165) is 28.6 Å². The number of benzene rings is 2. The van der Waals surface area contributed by atoms with Crippen LogP contribution in [0.3, 0.4) is 0 Å². The number of nitrogens with zero attached hydrogens (tertiary/aromatic N) is 2. The average molecular weight is 489 g/mol. The van der Waals surface area contributed by atoms with Gasteiger partial charge in [-0.05, 0) is 42.8 Å². The summed E-state index contributed by atoms with van der Waals surface area (Å²) in [5, 5.41) is 0.182. The predicted octanol–water partition coefficient (Wildman–Crippen LogP) is 3.22. The fraction of sp³-hybridized carbons (Fsp3) is 0.333. The average Bonchev–Trinajstić information content (AvgIpc) is 2.74. The second-order valence-electron chi connectivity index (χ2n) is 6.99. The molecule has 174 valence electrons. The first kappa shape index (κ1) is 25.7. The summed E-state index contributed by atoms with van der Waals surface area (Å²) in [6.07, 6.45) is 0.0457. The Morgan fingerprint density at radius 2 is 1.72 bits per heavy atom. The van der Waals surface area contributed by atoms with Crippen molar-refractivity contribution >= 4 is 33.5 Å². The summed E-state index contributed by atoms with van der Waals surface area (Å²) >= 11 is 5.94. The summed E-state index contributed by atoms with van der Waals surface area (Å²) in [7, 11) is -1.05. The number of esters is 1. The molecule has 0 aliphatic carbocycles. The van der Waals surface area contributed by atoms with Gasteiger partial charge in [-0.3, -0.25) is 9.59 Å². The van der Waals surface area contributed by atoms with E-state index in [-0.39, 0.29) is 41.4 Å². The van der Waals surface area contributed by atoms with Gasteiger partial charge in [-0.15, -0.1) is 0 Å². The smallest absolute Gasteiger partial charge is 0.306 e. The largest absolute Gasteiger partial charge is 0.456 e. The van der Waals surface area contributed by atoms with Crippen LogP contribution in [0.1, 0.15) is 18.4 Å². The molecule has 2 aromatic carbocycles. The van der Waals surface area contributed by atoms with Crippen LogP contribution < -0.4 is 0 Å². The van der Waals surface area contributed by atoms with Crippen LogP contribution in [0.5, 0.6) is 0 Å². The lowest BCUT2D eigenvalue weighted by Gasteiger charge is -2.19. The first-order valence-corrected chi connectivity index (χ1v) is 11.4. The number of amides is 1. The zero-order chi connectivity index (χ0) is 23.9. The van der Waals surface area contributed by atoms with E-state index in [2.05, 4.69) is 0 Å². The van der Waals surface area contributed by atoms with Crippen molar-refractivity contribution in [3.05, 3.63) is 64.7 Å². The molecule has 0 radical (unpaired) electrons. The molecular weight excluding hydrogens is 466 g/mol. The van der Waals surface area contributed by atoms with Crippen LogP contribution in [0.25, 0.3) is 0 Å². The standard InChI is InChI=1S/C21H23ClF2N2O5S/c1-25(13-17-18(22)5-3-6-19(17)24)20(27)14-31-21(28)7-4-12-26(2)32(29,30)16-10-8-15(23)9-11-16/h3,5-6,8-11H,4,7,12-14H2,1-2H3. The third-order valence-electron chi connectivity index (χ3n) is 4.62. The molecule has 0 N–H and O–H groups in total.